The second-order valence-electron chi connectivity index (χ2n) is 6.00. The van der Waals surface area contributed by atoms with Crippen molar-refractivity contribution in [2.45, 2.75) is 26.7 Å². The first kappa shape index (κ1) is 15.1. The molecule has 2 nitrogen and oxygen atoms in total. The number of allylic oxidation sites excluding steroid dienone is 8. The van der Waals surface area contributed by atoms with E-state index < -0.39 is 20.5 Å². The SMILES string of the molecule is CC1=[C]([Hf]([C]2=C(C)C=CC2)([N](C)C)[N](C)C)CC=C1. The third-order valence-electron chi connectivity index (χ3n) is 4.47. The average Bonchev–Trinajstić information content (AvgIpc) is 2.90. The van der Waals surface area contributed by atoms with Crippen LogP contribution in [0.1, 0.15) is 26.7 Å². The van der Waals surface area contributed by atoms with Crippen molar-refractivity contribution < 1.29 is 20.5 Å². The van der Waals surface area contributed by atoms with Crippen LogP contribution in [0.15, 0.2) is 42.1 Å². The van der Waals surface area contributed by atoms with Crippen LogP contribution in [0.3, 0.4) is 0 Å². The summed E-state index contributed by atoms with van der Waals surface area (Å²) in [4.78, 5) is 0. The van der Waals surface area contributed by atoms with Gasteiger partial charge in [-0.1, -0.05) is 0 Å². The Balaban J connectivity index is 2.63. The molecule has 0 atom stereocenters. The molecule has 104 valence electrons. The third kappa shape index (κ3) is 2.30. The molecule has 0 heterocycles. The molecule has 2 aliphatic carbocycles. The van der Waals surface area contributed by atoms with Gasteiger partial charge in [0.25, 0.3) is 0 Å². The van der Waals surface area contributed by atoms with Crippen molar-refractivity contribution in [1.82, 2.24) is 5.78 Å². The van der Waals surface area contributed by atoms with Gasteiger partial charge in [-0.2, -0.15) is 0 Å². The first-order chi connectivity index (χ1) is 8.92. The van der Waals surface area contributed by atoms with Crippen molar-refractivity contribution in [3.63, 3.8) is 0 Å². The third-order valence-corrected chi connectivity index (χ3v) is 24.1. The van der Waals surface area contributed by atoms with Gasteiger partial charge < -0.3 is 0 Å². The summed E-state index contributed by atoms with van der Waals surface area (Å²) in [6.07, 6.45) is 11.6. The molecule has 0 unspecified atom stereocenters. The molecule has 0 aliphatic heterocycles. The minimum atomic E-state index is -3.00. The summed E-state index contributed by atoms with van der Waals surface area (Å²) in [6, 6.07) is 0. The Bertz CT molecular complexity index is 447. The van der Waals surface area contributed by atoms with E-state index in [1.807, 2.05) is 0 Å². The number of hydrogen-bond acceptors (Lipinski definition) is 2. The molecule has 0 radical (unpaired) electrons. The molecule has 0 spiro atoms. The van der Waals surface area contributed by atoms with E-state index in [4.69, 9.17) is 0 Å². The van der Waals surface area contributed by atoms with E-state index in [1.54, 1.807) is 6.66 Å². The molecule has 2 aliphatic rings. The quantitative estimate of drug-likeness (QED) is 0.637. The van der Waals surface area contributed by atoms with Crippen molar-refractivity contribution in [1.29, 1.82) is 0 Å². The summed E-state index contributed by atoms with van der Waals surface area (Å²) in [6.45, 7) is 4.58. The van der Waals surface area contributed by atoms with Crippen LogP contribution in [-0.2, 0) is 20.5 Å². The van der Waals surface area contributed by atoms with Gasteiger partial charge in [0.15, 0.2) is 0 Å². The summed E-state index contributed by atoms with van der Waals surface area (Å²) in [7, 11) is 9.16. The maximum absolute atomic E-state index is 3.00. The molecule has 0 aromatic rings. The van der Waals surface area contributed by atoms with Crippen molar-refractivity contribution in [3.8, 4) is 0 Å². The monoisotopic (exact) mass is 426 g/mol. The van der Waals surface area contributed by atoms with E-state index in [0.717, 1.165) is 12.8 Å². The minimum absolute atomic E-state index is 1.15. The number of nitrogens with zero attached hydrogens (tertiary/aromatic N) is 2. The fourth-order valence-corrected chi connectivity index (χ4v) is 23.1. The molecule has 19 heavy (non-hydrogen) atoms. The van der Waals surface area contributed by atoms with Crippen LogP contribution >= 0.6 is 0 Å². The molecule has 0 fully saturated rings. The first-order valence-electron chi connectivity index (χ1n) is 7.00. The molecule has 3 heteroatoms. The Morgan fingerprint density at radius 2 is 1.16 bits per heavy atom. The maximum atomic E-state index is 2.59. The van der Waals surface area contributed by atoms with Crippen LogP contribution in [0.4, 0.5) is 0 Å². The van der Waals surface area contributed by atoms with Crippen LogP contribution < -0.4 is 0 Å². The van der Waals surface area contributed by atoms with Crippen LogP contribution in [0.2, 0.25) is 0 Å². The van der Waals surface area contributed by atoms with E-state index in [1.165, 1.54) is 11.1 Å². The van der Waals surface area contributed by atoms with Gasteiger partial charge in [0.05, 0.1) is 0 Å². The van der Waals surface area contributed by atoms with Gasteiger partial charge in [-0.15, -0.1) is 0 Å². The summed E-state index contributed by atoms with van der Waals surface area (Å²) >= 11 is -3.00. The molecule has 0 saturated heterocycles. The molecule has 0 N–H and O–H groups in total. The van der Waals surface area contributed by atoms with Gasteiger partial charge in [-0.05, 0) is 0 Å². The molecule has 0 aromatic carbocycles. The molecular weight excluding hydrogens is 399 g/mol. The molecule has 0 saturated carbocycles. The van der Waals surface area contributed by atoms with Crippen molar-refractivity contribution in [2.75, 3.05) is 28.2 Å². The standard InChI is InChI=1S/2C6H7.2C2H6N.Hf/c2*1-6-4-2-3-5-6;2*1-3-2;/h2*2,4H,3H2,1H3;2*1-2H3;/q;;2*-1;+2. The zero-order valence-electron chi connectivity index (χ0n) is 13.1. The topological polar surface area (TPSA) is 6.48 Å². The second-order valence-corrected chi connectivity index (χ2v) is 21.6. The van der Waals surface area contributed by atoms with Crippen LogP contribution in [0, 0.1) is 0 Å². The van der Waals surface area contributed by atoms with E-state index in [0.29, 0.717) is 0 Å². The van der Waals surface area contributed by atoms with Gasteiger partial charge in [0, 0.05) is 0 Å². The molecule has 0 amide bonds. The van der Waals surface area contributed by atoms with Crippen LogP contribution in [-0.4, -0.2) is 34.0 Å². The van der Waals surface area contributed by atoms with Crippen LogP contribution in [0.25, 0.3) is 0 Å². The summed E-state index contributed by atoms with van der Waals surface area (Å²) in [5, 5.41) is 0. The normalized spacial score (nSPS) is 19.8. The van der Waals surface area contributed by atoms with Crippen LogP contribution in [0.5, 0.6) is 0 Å². The van der Waals surface area contributed by atoms with E-state index in [2.05, 4.69) is 72.1 Å². The molecule has 2 rings (SSSR count). The van der Waals surface area contributed by atoms with Gasteiger partial charge in [-0.3, -0.25) is 0 Å². The summed E-state index contributed by atoms with van der Waals surface area (Å²) in [5.74, 6) is 0. The predicted molar refractivity (Wildman–Crippen MR) is 80.3 cm³/mol. The Hall–Kier alpha value is -0.250. The van der Waals surface area contributed by atoms with Crippen molar-refractivity contribution >= 4 is 0 Å². The Labute approximate surface area is 123 Å². The van der Waals surface area contributed by atoms with E-state index >= 15 is 0 Å². The van der Waals surface area contributed by atoms with Gasteiger partial charge >= 0.3 is 123 Å². The van der Waals surface area contributed by atoms with Gasteiger partial charge in [0.1, 0.15) is 0 Å². The van der Waals surface area contributed by atoms with E-state index in [9.17, 15) is 0 Å². The van der Waals surface area contributed by atoms with Crippen molar-refractivity contribution in [3.05, 3.63) is 42.1 Å². The van der Waals surface area contributed by atoms with Gasteiger partial charge in [0.2, 0.25) is 0 Å². The predicted octanol–water partition coefficient (Wildman–Crippen LogP) is 3.56. The summed E-state index contributed by atoms with van der Waals surface area (Å²) in [5.41, 5.74) is 3.02. The molecule has 0 aromatic heterocycles. The number of hydrogen-bond donors (Lipinski definition) is 0. The molecular formula is C16H26HfN2. The first-order valence-corrected chi connectivity index (χ1v) is 13.8. The fourth-order valence-electron chi connectivity index (χ4n) is 3.73. The average molecular weight is 425 g/mol. The fraction of sp³-hybridized carbons (Fsp3) is 0.500. The Morgan fingerprint density at radius 1 is 0.789 bits per heavy atom. The van der Waals surface area contributed by atoms with Crippen molar-refractivity contribution in [2.24, 2.45) is 0 Å². The summed E-state index contributed by atoms with van der Waals surface area (Å²) < 4.78 is 8.65. The zero-order valence-corrected chi connectivity index (χ0v) is 16.7. The number of rotatable bonds is 4. The molecule has 0 bridgehead atoms. The zero-order chi connectivity index (χ0) is 14.2. The van der Waals surface area contributed by atoms with E-state index in [-0.39, 0.29) is 0 Å². The Morgan fingerprint density at radius 3 is 1.37 bits per heavy atom. The second kappa shape index (κ2) is 5.63. The Kier molecular flexibility index (Phi) is 4.49. The van der Waals surface area contributed by atoms with Gasteiger partial charge in [-0.25, -0.2) is 0 Å².